The lowest BCUT2D eigenvalue weighted by molar-refractivity contribution is -0.140. The van der Waals surface area contributed by atoms with Crippen LogP contribution in [0.15, 0.2) is 53.4 Å². The third-order valence-electron chi connectivity index (χ3n) is 5.91. The molecule has 166 valence electrons. The summed E-state index contributed by atoms with van der Waals surface area (Å²) >= 11 is 1.68. The summed E-state index contributed by atoms with van der Waals surface area (Å²) in [4.78, 5) is 29.0. The minimum Gasteiger partial charge on any atom is -0.352 e. The molecular formula is C26H34N2O2S. The van der Waals surface area contributed by atoms with Gasteiger partial charge in [0, 0.05) is 29.7 Å². The normalized spacial score (nSPS) is 14.9. The Kier molecular flexibility index (Phi) is 8.59. The lowest BCUT2D eigenvalue weighted by atomic mass is 10.1. The third-order valence-corrected chi connectivity index (χ3v) is 6.92. The predicted molar refractivity (Wildman–Crippen MR) is 128 cm³/mol. The molecule has 0 aromatic heterocycles. The lowest BCUT2D eigenvalue weighted by Crippen LogP contribution is -2.49. The number of rotatable bonds is 9. The molecule has 0 bridgehead atoms. The predicted octanol–water partition coefficient (Wildman–Crippen LogP) is 5.26. The highest BCUT2D eigenvalue weighted by atomic mass is 32.2. The minimum absolute atomic E-state index is 0.0233. The van der Waals surface area contributed by atoms with Crippen LogP contribution in [0, 0.1) is 13.8 Å². The number of amides is 2. The average Bonchev–Trinajstić information content (AvgIpc) is 3.26. The molecule has 1 atom stereocenters. The van der Waals surface area contributed by atoms with Gasteiger partial charge in [0.25, 0.3) is 0 Å². The van der Waals surface area contributed by atoms with Crippen LogP contribution in [0.2, 0.25) is 0 Å². The topological polar surface area (TPSA) is 49.4 Å². The first-order chi connectivity index (χ1) is 14.9. The molecule has 0 heterocycles. The van der Waals surface area contributed by atoms with E-state index in [1.54, 1.807) is 16.7 Å². The van der Waals surface area contributed by atoms with E-state index in [-0.39, 0.29) is 17.9 Å². The van der Waals surface area contributed by atoms with Crippen molar-refractivity contribution in [3.63, 3.8) is 0 Å². The number of hydrogen-bond acceptors (Lipinski definition) is 3. The van der Waals surface area contributed by atoms with Crippen molar-refractivity contribution in [3.05, 3.63) is 65.2 Å². The second-order valence-corrected chi connectivity index (χ2v) is 9.76. The molecule has 1 aliphatic rings. The van der Waals surface area contributed by atoms with Crippen LogP contribution < -0.4 is 5.32 Å². The zero-order valence-electron chi connectivity index (χ0n) is 18.9. The minimum atomic E-state index is -0.488. The molecule has 4 nitrogen and oxygen atoms in total. The molecule has 1 aliphatic carbocycles. The fourth-order valence-corrected chi connectivity index (χ4v) is 4.86. The van der Waals surface area contributed by atoms with Crippen molar-refractivity contribution in [2.24, 2.45) is 0 Å². The number of nitrogens with one attached hydrogen (secondary N) is 1. The fourth-order valence-electron chi connectivity index (χ4n) is 4.02. The first-order valence-electron chi connectivity index (χ1n) is 11.3. The average molecular weight is 439 g/mol. The first kappa shape index (κ1) is 23.4. The van der Waals surface area contributed by atoms with Crippen molar-refractivity contribution in [1.29, 1.82) is 0 Å². The monoisotopic (exact) mass is 438 g/mol. The molecule has 0 radical (unpaired) electrons. The van der Waals surface area contributed by atoms with Crippen LogP contribution in [0.25, 0.3) is 0 Å². The van der Waals surface area contributed by atoms with Gasteiger partial charge in [0.05, 0.1) is 0 Å². The highest BCUT2D eigenvalue weighted by molar-refractivity contribution is 7.99. The summed E-state index contributed by atoms with van der Waals surface area (Å²) in [6.45, 7) is 6.42. The Balaban J connectivity index is 1.65. The van der Waals surface area contributed by atoms with Gasteiger partial charge in [-0.2, -0.15) is 0 Å². The molecule has 0 aliphatic heterocycles. The van der Waals surface area contributed by atoms with E-state index >= 15 is 0 Å². The van der Waals surface area contributed by atoms with Crippen LogP contribution in [-0.2, 0) is 16.1 Å². The SMILES string of the molecule is Cc1ccc(SCCC(=O)N(Cc2cccc(C)c2)[C@H](C)C(=O)NC2CCCC2)cc1. The lowest BCUT2D eigenvalue weighted by Gasteiger charge is -2.30. The maximum atomic E-state index is 13.2. The molecule has 2 aromatic carbocycles. The smallest absolute Gasteiger partial charge is 0.242 e. The number of thioether (sulfide) groups is 1. The molecule has 1 fully saturated rings. The third kappa shape index (κ3) is 7.13. The molecule has 31 heavy (non-hydrogen) atoms. The van der Waals surface area contributed by atoms with Crippen LogP contribution in [0.4, 0.5) is 0 Å². The largest absolute Gasteiger partial charge is 0.352 e. The van der Waals surface area contributed by atoms with Crippen molar-refractivity contribution >= 4 is 23.6 Å². The van der Waals surface area contributed by atoms with Crippen LogP contribution in [-0.4, -0.2) is 34.6 Å². The zero-order valence-corrected chi connectivity index (χ0v) is 19.7. The number of benzene rings is 2. The van der Waals surface area contributed by atoms with Crippen LogP contribution >= 0.6 is 11.8 Å². The molecule has 1 saturated carbocycles. The number of nitrogens with zero attached hydrogens (tertiary/aromatic N) is 1. The Hall–Kier alpha value is -2.27. The molecule has 2 amide bonds. The Morgan fingerprint density at radius 1 is 1.06 bits per heavy atom. The van der Waals surface area contributed by atoms with Gasteiger partial charge in [-0.1, -0.05) is 60.4 Å². The summed E-state index contributed by atoms with van der Waals surface area (Å²) in [5.41, 5.74) is 3.44. The molecule has 2 aromatic rings. The van der Waals surface area contributed by atoms with E-state index in [9.17, 15) is 9.59 Å². The van der Waals surface area contributed by atoms with Crippen molar-refractivity contribution < 1.29 is 9.59 Å². The van der Waals surface area contributed by atoms with Gasteiger partial charge in [-0.05, 0) is 51.3 Å². The Bertz CT molecular complexity index is 875. The van der Waals surface area contributed by atoms with E-state index in [1.807, 2.05) is 32.0 Å². The summed E-state index contributed by atoms with van der Waals surface area (Å²) < 4.78 is 0. The van der Waals surface area contributed by atoms with E-state index in [1.165, 1.54) is 18.4 Å². The van der Waals surface area contributed by atoms with Crippen molar-refractivity contribution in [2.75, 3.05) is 5.75 Å². The summed E-state index contributed by atoms with van der Waals surface area (Å²) in [5, 5.41) is 3.16. The summed E-state index contributed by atoms with van der Waals surface area (Å²) in [7, 11) is 0. The van der Waals surface area contributed by atoms with Crippen molar-refractivity contribution in [1.82, 2.24) is 10.2 Å². The standard InChI is InChI=1S/C26H34N2O2S/c1-19-11-13-24(14-12-19)31-16-15-25(29)28(18-22-8-6-7-20(2)17-22)21(3)26(30)27-23-9-4-5-10-23/h6-8,11-14,17,21,23H,4-5,9-10,15-16,18H2,1-3H3,(H,27,30)/t21-/m1/s1. The molecular weight excluding hydrogens is 404 g/mol. The fraction of sp³-hybridized carbons (Fsp3) is 0.462. The quantitative estimate of drug-likeness (QED) is 0.543. The maximum Gasteiger partial charge on any atom is 0.242 e. The van der Waals surface area contributed by atoms with Gasteiger partial charge in [-0.15, -0.1) is 11.8 Å². The van der Waals surface area contributed by atoms with Gasteiger partial charge >= 0.3 is 0 Å². The molecule has 1 N–H and O–H groups in total. The van der Waals surface area contributed by atoms with E-state index in [0.29, 0.717) is 18.7 Å². The highest BCUT2D eigenvalue weighted by Gasteiger charge is 2.28. The van der Waals surface area contributed by atoms with Crippen LogP contribution in [0.3, 0.4) is 0 Å². The molecule has 0 unspecified atom stereocenters. The van der Waals surface area contributed by atoms with Gasteiger partial charge in [-0.25, -0.2) is 0 Å². The number of hydrogen-bond donors (Lipinski definition) is 1. The second kappa shape index (κ2) is 11.4. The number of carbonyl (C=O) groups excluding carboxylic acids is 2. The van der Waals surface area contributed by atoms with Crippen molar-refractivity contribution in [2.45, 2.75) is 76.4 Å². The van der Waals surface area contributed by atoms with Crippen LogP contribution in [0.1, 0.15) is 55.7 Å². The Morgan fingerprint density at radius 3 is 2.45 bits per heavy atom. The van der Waals surface area contributed by atoms with E-state index in [0.717, 1.165) is 28.9 Å². The highest BCUT2D eigenvalue weighted by Crippen LogP contribution is 2.21. The van der Waals surface area contributed by atoms with Gasteiger partial charge in [0.15, 0.2) is 0 Å². The van der Waals surface area contributed by atoms with Gasteiger partial charge in [0.2, 0.25) is 11.8 Å². The molecule has 0 saturated heterocycles. The van der Waals surface area contributed by atoms with E-state index < -0.39 is 6.04 Å². The Morgan fingerprint density at radius 2 is 1.77 bits per heavy atom. The van der Waals surface area contributed by atoms with Gasteiger partial charge < -0.3 is 10.2 Å². The molecule has 3 rings (SSSR count). The molecule has 0 spiro atoms. The van der Waals surface area contributed by atoms with Gasteiger partial charge in [-0.3, -0.25) is 9.59 Å². The number of carbonyl (C=O) groups is 2. The van der Waals surface area contributed by atoms with Crippen LogP contribution in [0.5, 0.6) is 0 Å². The van der Waals surface area contributed by atoms with Gasteiger partial charge in [0.1, 0.15) is 6.04 Å². The van der Waals surface area contributed by atoms with Crippen molar-refractivity contribution in [3.8, 4) is 0 Å². The summed E-state index contributed by atoms with van der Waals surface area (Å²) in [6, 6.07) is 16.3. The molecule has 5 heteroatoms. The second-order valence-electron chi connectivity index (χ2n) is 8.59. The van der Waals surface area contributed by atoms with E-state index in [2.05, 4.69) is 42.6 Å². The van der Waals surface area contributed by atoms with E-state index in [4.69, 9.17) is 0 Å². The maximum absolute atomic E-state index is 13.2. The first-order valence-corrected chi connectivity index (χ1v) is 12.3. The summed E-state index contributed by atoms with van der Waals surface area (Å²) in [5.74, 6) is 0.678. The summed E-state index contributed by atoms with van der Waals surface area (Å²) in [6.07, 6.45) is 4.82. The zero-order chi connectivity index (χ0) is 22.2. The Labute approximate surface area is 190 Å². The number of aryl methyl sites for hydroxylation is 2.